The highest BCUT2D eigenvalue weighted by molar-refractivity contribution is 6.28. The summed E-state index contributed by atoms with van der Waals surface area (Å²) >= 11 is 5.60. The van der Waals surface area contributed by atoms with Gasteiger partial charge in [0.05, 0.1) is 24.0 Å². The van der Waals surface area contributed by atoms with Crippen LogP contribution in [0.4, 0.5) is 11.5 Å². The Labute approximate surface area is 87.3 Å². The standard InChI is InChI=1S/C8H13ClN4O/c1-4(5(2)14)12-7-6(10)3-11-8(9)13-7/h3-5,14H,10H2,1-2H3,(H,11,12,13). The summed E-state index contributed by atoms with van der Waals surface area (Å²) < 4.78 is 0. The number of halogens is 1. The maximum atomic E-state index is 9.26. The van der Waals surface area contributed by atoms with Crippen LogP contribution in [0.15, 0.2) is 6.20 Å². The quantitative estimate of drug-likeness (QED) is 0.654. The Morgan fingerprint density at radius 2 is 2.21 bits per heavy atom. The zero-order valence-corrected chi connectivity index (χ0v) is 8.78. The molecular weight excluding hydrogens is 204 g/mol. The lowest BCUT2D eigenvalue weighted by molar-refractivity contribution is 0.177. The number of aliphatic hydroxyl groups is 1. The minimum atomic E-state index is -0.497. The van der Waals surface area contributed by atoms with Crippen LogP contribution in [-0.2, 0) is 0 Å². The average Bonchev–Trinajstić information content (AvgIpc) is 2.11. The molecule has 1 heterocycles. The fourth-order valence-corrected chi connectivity index (χ4v) is 0.955. The highest BCUT2D eigenvalue weighted by Gasteiger charge is 2.11. The first kappa shape index (κ1) is 11.0. The Balaban J connectivity index is 2.80. The lowest BCUT2D eigenvalue weighted by atomic mass is 10.2. The molecule has 78 valence electrons. The van der Waals surface area contributed by atoms with Gasteiger partial charge in [-0.15, -0.1) is 0 Å². The smallest absolute Gasteiger partial charge is 0.224 e. The van der Waals surface area contributed by atoms with Crippen molar-refractivity contribution in [3.8, 4) is 0 Å². The number of nitrogens with zero attached hydrogens (tertiary/aromatic N) is 2. The molecule has 0 fully saturated rings. The predicted octanol–water partition coefficient (Wildman–Crippen LogP) is 0.893. The van der Waals surface area contributed by atoms with Crippen molar-refractivity contribution in [2.24, 2.45) is 0 Å². The van der Waals surface area contributed by atoms with Crippen LogP contribution in [0.3, 0.4) is 0 Å². The minimum absolute atomic E-state index is 0.125. The van der Waals surface area contributed by atoms with Crippen LogP contribution in [0, 0.1) is 0 Å². The first-order chi connectivity index (χ1) is 6.50. The number of nitrogens with two attached hydrogens (primary N) is 1. The van der Waals surface area contributed by atoms with Crippen molar-refractivity contribution in [3.05, 3.63) is 11.5 Å². The monoisotopic (exact) mass is 216 g/mol. The highest BCUT2D eigenvalue weighted by atomic mass is 35.5. The molecule has 14 heavy (non-hydrogen) atoms. The second-order valence-electron chi connectivity index (χ2n) is 3.12. The second-order valence-corrected chi connectivity index (χ2v) is 3.45. The van der Waals surface area contributed by atoms with Gasteiger partial charge in [-0.25, -0.2) is 4.98 Å². The van der Waals surface area contributed by atoms with E-state index in [1.165, 1.54) is 6.20 Å². The van der Waals surface area contributed by atoms with Crippen LogP contribution in [0.1, 0.15) is 13.8 Å². The number of nitrogen functional groups attached to an aromatic ring is 1. The van der Waals surface area contributed by atoms with Gasteiger partial charge in [0.15, 0.2) is 5.82 Å². The molecule has 0 aliphatic carbocycles. The van der Waals surface area contributed by atoms with Gasteiger partial charge in [0.25, 0.3) is 0 Å². The number of anilines is 2. The van der Waals surface area contributed by atoms with Gasteiger partial charge in [-0.2, -0.15) is 4.98 Å². The van der Waals surface area contributed by atoms with Crippen molar-refractivity contribution < 1.29 is 5.11 Å². The molecule has 5 nitrogen and oxygen atoms in total. The third-order valence-electron chi connectivity index (χ3n) is 1.88. The van der Waals surface area contributed by atoms with Crippen LogP contribution < -0.4 is 11.1 Å². The molecule has 2 unspecified atom stereocenters. The van der Waals surface area contributed by atoms with E-state index in [2.05, 4.69) is 15.3 Å². The fourth-order valence-electron chi connectivity index (χ4n) is 0.821. The predicted molar refractivity (Wildman–Crippen MR) is 56.2 cm³/mol. The van der Waals surface area contributed by atoms with E-state index in [0.29, 0.717) is 11.5 Å². The summed E-state index contributed by atoms with van der Waals surface area (Å²) in [5.74, 6) is 0.443. The molecule has 6 heteroatoms. The molecule has 0 saturated heterocycles. The van der Waals surface area contributed by atoms with Crippen molar-refractivity contribution in [2.75, 3.05) is 11.1 Å². The van der Waals surface area contributed by atoms with E-state index in [1.54, 1.807) is 6.92 Å². The summed E-state index contributed by atoms with van der Waals surface area (Å²) in [6.45, 7) is 3.50. The fraction of sp³-hybridized carbons (Fsp3) is 0.500. The maximum Gasteiger partial charge on any atom is 0.224 e. The van der Waals surface area contributed by atoms with E-state index in [9.17, 15) is 5.11 Å². The third kappa shape index (κ3) is 2.71. The van der Waals surface area contributed by atoms with Crippen molar-refractivity contribution >= 4 is 23.1 Å². The van der Waals surface area contributed by atoms with E-state index in [-0.39, 0.29) is 11.3 Å². The molecule has 0 saturated carbocycles. The second kappa shape index (κ2) is 4.43. The van der Waals surface area contributed by atoms with Gasteiger partial charge in [0.2, 0.25) is 5.28 Å². The molecule has 0 aromatic carbocycles. The highest BCUT2D eigenvalue weighted by Crippen LogP contribution is 2.17. The molecular formula is C8H13ClN4O. The zero-order chi connectivity index (χ0) is 10.7. The van der Waals surface area contributed by atoms with E-state index < -0.39 is 6.10 Å². The van der Waals surface area contributed by atoms with E-state index in [1.807, 2.05) is 6.92 Å². The van der Waals surface area contributed by atoms with Crippen molar-refractivity contribution in [3.63, 3.8) is 0 Å². The zero-order valence-electron chi connectivity index (χ0n) is 8.03. The molecule has 1 aromatic rings. The molecule has 0 amide bonds. The normalized spacial score (nSPS) is 14.9. The van der Waals surface area contributed by atoms with E-state index >= 15 is 0 Å². The number of hydrogen-bond donors (Lipinski definition) is 3. The first-order valence-electron chi connectivity index (χ1n) is 4.23. The molecule has 0 bridgehead atoms. The average molecular weight is 217 g/mol. The summed E-state index contributed by atoms with van der Waals surface area (Å²) in [5.41, 5.74) is 6.01. The molecule has 2 atom stereocenters. The van der Waals surface area contributed by atoms with Gasteiger partial charge in [-0.05, 0) is 25.4 Å². The van der Waals surface area contributed by atoms with Crippen LogP contribution in [-0.4, -0.2) is 27.2 Å². The Bertz CT molecular complexity index is 318. The Morgan fingerprint density at radius 3 is 2.79 bits per heavy atom. The van der Waals surface area contributed by atoms with Gasteiger partial charge in [0, 0.05) is 0 Å². The van der Waals surface area contributed by atoms with Gasteiger partial charge in [-0.1, -0.05) is 0 Å². The van der Waals surface area contributed by atoms with Crippen LogP contribution in [0.25, 0.3) is 0 Å². The van der Waals surface area contributed by atoms with Gasteiger partial charge >= 0.3 is 0 Å². The SMILES string of the molecule is CC(O)C(C)Nc1nc(Cl)ncc1N. The molecule has 0 spiro atoms. The summed E-state index contributed by atoms with van der Waals surface area (Å²) in [7, 11) is 0. The lowest BCUT2D eigenvalue weighted by Crippen LogP contribution is -2.28. The van der Waals surface area contributed by atoms with Gasteiger partial charge < -0.3 is 16.2 Å². The number of rotatable bonds is 3. The Hall–Kier alpha value is -1.07. The minimum Gasteiger partial charge on any atom is -0.394 e. The topological polar surface area (TPSA) is 84.1 Å². The van der Waals surface area contributed by atoms with Crippen LogP contribution in [0.5, 0.6) is 0 Å². The van der Waals surface area contributed by atoms with Gasteiger partial charge in [-0.3, -0.25) is 0 Å². The van der Waals surface area contributed by atoms with E-state index in [0.717, 1.165) is 0 Å². The largest absolute Gasteiger partial charge is 0.394 e. The molecule has 1 rings (SSSR count). The van der Waals surface area contributed by atoms with Crippen molar-refractivity contribution in [1.29, 1.82) is 0 Å². The van der Waals surface area contributed by atoms with Crippen molar-refractivity contribution in [1.82, 2.24) is 9.97 Å². The Kier molecular flexibility index (Phi) is 3.49. The summed E-state index contributed by atoms with van der Waals surface area (Å²) in [4.78, 5) is 7.62. The van der Waals surface area contributed by atoms with Crippen molar-refractivity contribution in [2.45, 2.75) is 26.0 Å². The number of hydrogen-bond acceptors (Lipinski definition) is 5. The summed E-state index contributed by atoms with van der Waals surface area (Å²) in [5, 5.41) is 12.3. The maximum absolute atomic E-state index is 9.26. The summed E-state index contributed by atoms with van der Waals surface area (Å²) in [6.07, 6.45) is 0.926. The van der Waals surface area contributed by atoms with Crippen LogP contribution in [0.2, 0.25) is 5.28 Å². The molecule has 0 radical (unpaired) electrons. The molecule has 0 aliphatic rings. The molecule has 1 aromatic heterocycles. The number of nitrogens with one attached hydrogen (secondary N) is 1. The Morgan fingerprint density at radius 1 is 1.57 bits per heavy atom. The van der Waals surface area contributed by atoms with E-state index in [4.69, 9.17) is 17.3 Å². The third-order valence-corrected chi connectivity index (χ3v) is 2.06. The molecule has 4 N–H and O–H groups in total. The summed E-state index contributed by atoms with van der Waals surface area (Å²) in [6, 6.07) is -0.150. The first-order valence-corrected chi connectivity index (χ1v) is 4.61. The molecule has 0 aliphatic heterocycles. The lowest BCUT2D eigenvalue weighted by Gasteiger charge is -2.17. The number of aromatic nitrogens is 2. The number of aliphatic hydroxyl groups excluding tert-OH is 1. The van der Waals surface area contributed by atoms with Crippen LogP contribution >= 0.6 is 11.6 Å². The van der Waals surface area contributed by atoms with Gasteiger partial charge in [0.1, 0.15) is 0 Å².